The van der Waals surface area contributed by atoms with Gasteiger partial charge in [0.2, 0.25) is 5.24 Å². The van der Waals surface area contributed by atoms with Gasteiger partial charge >= 0.3 is 0 Å². The number of carbonyl (C=O) groups is 1. The second-order valence-electron chi connectivity index (χ2n) is 4.07. The van der Waals surface area contributed by atoms with Crippen molar-refractivity contribution in [3.8, 4) is 11.1 Å². The van der Waals surface area contributed by atoms with Crippen molar-refractivity contribution in [2.75, 3.05) is 0 Å². The van der Waals surface area contributed by atoms with Crippen LogP contribution >= 0.6 is 11.6 Å². The molecule has 2 aromatic rings. The van der Waals surface area contributed by atoms with Crippen LogP contribution in [0, 0.1) is 0 Å². The Hall–Kier alpha value is -1.86. The molecule has 0 atom stereocenters. The zero-order valence-electron chi connectivity index (χ0n) is 10.1. The van der Waals surface area contributed by atoms with Gasteiger partial charge in [0.25, 0.3) is 0 Å². The molecule has 0 saturated carbocycles. The summed E-state index contributed by atoms with van der Waals surface area (Å²) in [5, 5.41) is -0.445. The van der Waals surface area contributed by atoms with Crippen LogP contribution in [0.2, 0.25) is 0 Å². The smallest absolute Gasteiger partial charge is 0.245 e. The average Bonchev–Trinajstić information content (AvgIpc) is 2.39. The largest absolute Gasteiger partial charge is 0.276 e. The van der Waals surface area contributed by atoms with Crippen LogP contribution in [0.15, 0.2) is 60.7 Å². The molecule has 0 saturated heterocycles. The van der Waals surface area contributed by atoms with Gasteiger partial charge in [0.15, 0.2) is 0 Å². The van der Waals surface area contributed by atoms with Gasteiger partial charge in [0, 0.05) is 6.08 Å². The highest BCUT2D eigenvalue weighted by Gasteiger charge is 2.00. The minimum absolute atomic E-state index is 0.445. The normalized spacial score (nSPS) is 11.3. The molecule has 2 rings (SSSR count). The summed E-state index contributed by atoms with van der Waals surface area (Å²) < 4.78 is 0. The molecule has 0 amide bonds. The standard InChI is InChI=1S/C16H13ClO/c1-12(11-16(17)18)13-7-9-15(10-8-13)14-5-3-2-4-6-14/h2-11H,1H3/b12-11+. The van der Waals surface area contributed by atoms with E-state index in [0.717, 1.165) is 16.7 Å². The van der Waals surface area contributed by atoms with Crippen LogP contribution < -0.4 is 0 Å². The lowest BCUT2D eigenvalue weighted by molar-refractivity contribution is -0.107. The molecular formula is C16H13ClO. The van der Waals surface area contributed by atoms with Gasteiger partial charge in [-0.1, -0.05) is 54.6 Å². The van der Waals surface area contributed by atoms with Gasteiger partial charge in [-0.05, 0) is 40.8 Å². The zero-order valence-corrected chi connectivity index (χ0v) is 10.8. The summed E-state index contributed by atoms with van der Waals surface area (Å²) in [5.74, 6) is 0. The third-order valence-corrected chi connectivity index (χ3v) is 2.89. The first kappa shape index (κ1) is 12.6. The fourth-order valence-electron chi connectivity index (χ4n) is 1.81. The van der Waals surface area contributed by atoms with Crippen LogP contribution in [-0.4, -0.2) is 5.24 Å². The van der Waals surface area contributed by atoms with Gasteiger partial charge in [0.05, 0.1) is 0 Å². The minimum atomic E-state index is -0.445. The summed E-state index contributed by atoms with van der Waals surface area (Å²) in [6.45, 7) is 1.87. The third-order valence-electron chi connectivity index (χ3n) is 2.78. The number of hydrogen-bond acceptors (Lipinski definition) is 1. The van der Waals surface area contributed by atoms with E-state index in [1.165, 1.54) is 11.6 Å². The monoisotopic (exact) mass is 256 g/mol. The van der Waals surface area contributed by atoms with Crippen molar-refractivity contribution in [2.24, 2.45) is 0 Å². The molecule has 0 N–H and O–H groups in total. The predicted molar refractivity (Wildman–Crippen MR) is 76.4 cm³/mol. The molecule has 0 unspecified atom stereocenters. The second kappa shape index (κ2) is 5.65. The number of rotatable bonds is 3. The van der Waals surface area contributed by atoms with Crippen LogP contribution in [-0.2, 0) is 4.79 Å². The van der Waals surface area contributed by atoms with Crippen molar-refractivity contribution in [2.45, 2.75) is 6.92 Å². The second-order valence-corrected chi connectivity index (χ2v) is 4.45. The van der Waals surface area contributed by atoms with Gasteiger partial charge in [0.1, 0.15) is 0 Å². The van der Waals surface area contributed by atoms with E-state index in [0.29, 0.717) is 0 Å². The van der Waals surface area contributed by atoms with Crippen molar-refractivity contribution in [3.63, 3.8) is 0 Å². The number of halogens is 1. The molecule has 2 aromatic carbocycles. The van der Waals surface area contributed by atoms with Gasteiger partial charge in [-0.2, -0.15) is 0 Å². The molecule has 2 heteroatoms. The van der Waals surface area contributed by atoms with E-state index in [2.05, 4.69) is 12.1 Å². The maximum Gasteiger partial charge on any atom is 0.245 e. The molecule has 0 aromatic heterocycles. The number of allylic oxidation sites excluding steroid dienone is 2. The Morgan fingerprint density at radius 2 is 1.50 bits per heavy atom. The summed E-state index contributed by atoms with van der Waals surface area (Å²) in [7, 11) is 0. The Balaban J connectivity index is 2.29. The molecule has 0 spiro atoms. The van der Waals surface area contributed by atoms with Crippen molar-refractivity contribution in [1.29, 1.82) is 0 Å². The van der Waals surface area contributed by atoms with Crippen LogP contribution in [0.25, 0.3) is 16.7 Å². The Morgan fingerprint density at radius 1 is 0.944 bits per heavy atom. The van der Waals surface area contributed by atoms with Crippen LogP contribution in [0.5, 0.6) is 0 Å². The molecule has 0 aliphatic carbocycles. The van der Waals surface area contributed by atoms with E-state index < -0.39 is 5.24 Å². The lowest BCUT2D eigenvalue weighted by atomic mass is 10.0. The van der Waals surface area contributed by atoms with E-state index in [9.17, 15) is 4.79 Å². The Kier molecular flexibility index (Phi) is 3.96. The SMILES string of the molecule is C/C(=C\C(=O)Cl)c1ccc(-c2ccccc2)cc1. The lowest BCUT2D eigenvalue weighted by Crippen LogP contribution is -1.84. The molecule has 1 nitrogen and oxygen atoms in total. The van der Waals surface area contributed by atoms with Crippen LogP contribution in [0.3, 0.4) is 0 Å². The molecule has 0 fully saturated rings. The highest BCUT2D eigenvalue weighted by Crippen LogP contribution is 2.22. The molecule has 90 valence electrons. The molecule has 0 aliphatic rings. The fraction of sp³-hybridized carbons (Fsp3) is 0.0625. The molecular weight excluding hydrogens is 244 g/mol. The summed E-state index contributed by atoms with van der Waals surface area (Å²) >= 11 is 5.33. The molecule has 0 aliphatic heterocycles. The van der Waals surface area contributed by atoms with Crippen molar-refractivity contribution in [1.82, 2.24) is 0 Å². The van der Waals surface area contributed by atoms with Gasteiger partial charge in [-0.3, -0.25) is 4.79 Å². The van der Waals surface area contributed by atoms with E-state index in [1.807, 2.05) is 49.4 Å². The highest BCUT2D eigenvalue weighted by atomic mass is 35.5. The van der Waals surface area contributed by atoms with Gasteiger partial charge < -0.3 is 0 Å². The Labute approximate surface area is 112 Å². The van der Waals surface area contributed by atoms with E-state index >= 15 is 0 Å². The van der Waals surface area contributed by atoms with Gasteiger partial charge in [-0.25, -0.2) is 0 Å². The van der Waals surface area contributed by atoms with Crippen molar-refractivity contribution in [3.05, 3.63) is 66.2 Å². The van der Waals surface area contributed by atoms with Crippen LogP contribution in [0.4, 0.5) is 0 Å². The van der Waals surface area contributed by atoms with Crippen molar-refractivity contribution < 1.29 is 4.79 Å². The van der Waals surface area contributed by atoms with Crippen molar-refractivity contribution >= 4 is 22.4 Å². The van der Waals surface area contributed by atoms with E-state index in [-0.39, 0.29) is 0 Å². The number of benzene rings is 2. The molecule has 0 bridgehead atoms. The van der Waals surface area contributed by atoms with E-state index in [1.54, 1.807) is 0 Å². The predicted octanol–water partition coefficient (Wildman–Crippen LogP) is 4.52. The Bertz CT molecular complexity index is 568. The maximum atomic E-state index is 10.8. The summed E-state index contributed by atoms with van der Waals surface area (Å²) in [5.41, 5.74) is 4.21. The first-order chi connectivity index (χ1) is 8.66. The summed E-state index contributed by atoms with van der Waals surface area (Å²) in [4.78, 5) is 10.8. The quantitative estimate of drug-likeness (QED) is 0.583. The summed E-state index contributed by atoms with van der Waals surface area (Å²) in [6.07, 6.45) is 1.43. The topological polar surface area (TPSA) is 17.1 Å². The molecule has 0 radical (unpaired) electrons. The number of carbonyl (C=O) groups excluding carboxylic acids is 1. The highest BCUT2D eigenvalue weighted by molar-refractivity contribution is 6.67. The first-order valence-electron chi connectivity index (χ1n) is 5.70. The minimum Gasteiger partial charge on any atom is -0.276 e. The van der Waals surface area contributed by atoms with Crippen LogP contribution in [0.1, 0.15) is 12.5 Å². The molecule has 18 heavy (non-hydrogen) atoms. The van der Waals surface area contributed by atoms with Gasteiger partial charge in [-0.15, -0.1) is 0 Å². The fourth-order valence-corrected chi connectivity index (χ4v) is 1.97. The molecule has 0 heterocycles. The summed E-state index contributed by atoms with van der Waals surface area (Å²) in [6, 6.07) is 18.2. The van der Waals surface area contributed by atoms with E-state index in [4.69, 9.17) is 11.6 Å². The zero-order chi connectivity index (χ0) is 13.0. The average molecular weight is 257 g/mol. The maximum absolute atomic E-state index is 10.8. The third kappa shape index (κ3) is 3.08. The number of hydrogen-bond donors (Lipinski definition) is 0. The lowest BCUT2D eigenvalue weighted by Gasteiger charge is -2.04. The first-order valence-corrected chi connectivity index (χ1v) is 6.08. The Morgan fingerprint density at radius 3 is 2.06 bits per heavy atom.